The predicted molar refractivity (Wildman–Crippen MR) is 88.3 cm³/mol. The summed E-state index contributed by atoms with van der Waals surface area (Å²) in [5, 5.41) is 0.510. The van der Waals surface area contributed by atoms with Crippen molar-refractivity contribution in [3.8, 4) is 0 Å². The minimum absolute atomic E-state index is 0.0152. The summed E-state index contributed by atoms with van der Waals surface area (Å²) >= 11 is 5.95. The summed E-state index contributed by atoms with van der Waals surface area (Å²) < 4.78 is 0. The minimum Gasteiger partial charge on any atom is -0.339 e. The van der Waals surface area contributed by atoms with E-state index >= 15 is 0 Å². The Labute approximate surface area is 140 Å². The molecular weight excluding hydrogens is 318 g/mol. The van der Waals surface area contributed by atoms with Gasteiger partial charge in [-0.3, -0.25) is 14.4 Å². The lowest BCUT2D eigenvalue weighted by Crippen LogP contribution is -2.52. The van der Waals surface area contributed by atoms with Crippen LogP contribution in [0.3, 0.4) is 0 Å². The van der Waals surface area contributed by atoms with Crippen LogP contribution in [0.1, 0.15) is 13.8 Å². The van der Waals surface area contributed by atoms with Gasteiger partial charge in [-0.1, -0.05) is 17.7 Å². The van der Waals surface area contributed by atoms with Gasteiger partial charge in [0.15, 0.2) is 0 Å². The van der Waals surface area contributed by atoms with Crippen LogP contribution >= 0.6 is 11.6 Å². The number of piperazine rings is 1. The summed E-state index contributed by atoms with van der Waals surface area (Å²) in [6, 6.07) is 6.86. The lowest BCUT2D eigenvalue weighted by atomic mass is 10.2. The summed E-state index contributed by atoms with van der Waals surface area (Å²) in [6.07, 6.45) is 0. The first kappa shape index (κ1) is 17.3. The monoisotopic (exact) mass is 337 g/mol. The average molecular weight is 338 g/mol. The van der Waals surface area contributed by atoms with Gasteiger partial charge in [-0.15, -0.1) is 0 Å². The number of benzene rings is 1. The molecule has 0 N–H and O–H groups in total. The van der Waals surface area contributed by atoms with Crippen LogP contribution in [0.4, 0.5) is 5.69 Å². The fourth-order valence-electron chi connectivity index (χ4n) is 2.53. The van der Waals surface area contributed by atoms with E-state index in [2.05, 4.69) is 0 Å². The molecule has 1 fully saturated rings. The molecule has 0 spiro atoms. The third-order valence-corrected chi connectivity index (χ3v) is 4.11. The van der Waals surface area contributed by atoms with Gasteiger partial charge in [0.25, 0.3) is 0 Å². The van der Waals surface area contributed by atoms with Crippen molar-refractivity contribution >= 4 is 35.0 Å². The Morgan fingerprint density at radius 3 is 2.22 bits per heavy atom. The normalized spacial score (nSPS) is 14.6. The largest absolute Gasteiger partial charge is 0.339 e. The Hall–Kier alpha value is -2.08. The zero-order valence-corrected chi connectivity index (χ0v) is 14.0. The molecule has 1 aromatic rings. The molecule has 1 saturated heterocycles. The second-order valence-corrected chi connectivity index (χ2v) is 5.91. The SMILES string of the molecule is CC(=O)N1CCN(C(=O)CN(C(C)=O)c2cccc(Cl)c2)CC1. The van der Waals surface area contributed by atoms with E-state index in [0.717, 1.165) is 0 Å². The van der Waals surface area contributed by atoms with Crippen molar-refractivity contribution in [2.75, 3.05) is 37.6 Å². The fourth-order valence-corrected chi connectivity index (χ4v) is 2.72. The highest BCUT2D eigenvalue weighted by Crippen LogP contribution is 2.20. The van der Waals surface area contributed by atoms with Crippen LogP contribution in [0.2, 0.25) is 5.02 Å². The molecule has 1 aliphatic rings. The molecule has 0 aliphatic carbocycles. The van der Waals surface area contributed by atoms with Gasteiger partial charge in [-0.05, 0) is 18.2 Å². The average Bonchev–Trinajstić information content (AvgIpc) is 2.52. The van der Waals surface area contributed by atoms with Crippen molar-refractivity contribution in [1.82, 2.24) is 9.80 Å². The number of halogens is 1. The summed E-state index contributed by atoms with van der Waals surface area (Å²) in [6.45, 7) is 4.93. The van der Waals surface area contributed by atoms with Crippen LogP contribution in [0.5, 0.6) is 0 Å². The zero-order valence-electron chi connectivity index (χ0n) is 13.3. The molecule has 6 nitrogen and oxygen atoms in total. The van der Waals surface area contributed by atoms with Gasteiger partial charge in [-0.2, -0.15) is 0 Å². The molecule has 0 aromatic heterocycles. The highest BCUT2D eigenvalue weighted by molar-refractivity contribution is 6.30. The molecule has 7 heteroatoms. The highest BCUT2D eigenvalue weighted by atomic mass is 35.5. The second-order valence-electron chi connectivity index (χ2n) is 5.47. The zero-order chi connectivity index (χ0) is 17.0. The number of hydrogen-bond acceptors (Lipinski definition) is 3. The molecule has 3 amide bonds. The molecule has 23 heavy (non-hydrogen) atoms. The Bertz CT molecular complexity index is 612. The van der Waals surface area contributed by atoms with E-state index < -0.39 is 0 Å². The Morgan fingerprint density at radius 1 is 1.09 bits per heavy atom. The molecule has 1 heterocycles. The Balaban J connectivity index is 2.02. The number of carbonyl (C=O) groups excluding carboxylic acids is 3. The molecular formula is C16H20ClN3O3. The first-order valence-electron chi connectivity index (χ1n) is 7.45. The topological polar surface area (TPSA) is 60.9 Å². The number of amides is 3. The molecule has 1 aromatic carbocycles. The van der Waals surface area contributed by atoms with Crippen molar-refractivity contribution in [2.24, 2.45) is 0 Å². The lowest BCUT2D eigenvalue weighted by molar-refractivity contribution is -0.137. The summed E-state index contributed by atoms with van der Waals surface area (Å²) in [4.78, 5) is 40.4. The van der Waals surface area contributed by atoms with Gasteiger partial charge in [0, 0.05) is 50.7 Å². The van der Waals surface area contributed by atoms with Crippen LogP contribution < -0.4 is 4.90 Å². The van der Waals surface area contributed by atoms with E-state index in [1.807, 2.05) is 0 Å². The minimum atomic E-state index is -0.219. The van der Waals surface area contributed by atoms with Gasteiger partial charge < -0.3 is 14.7 Å². The third kappa shape index (κ3) is 4.45. The quantitative estimate of drug-likeness (QED) is 0.837. The van der Waals surface area contributed by atoms with E-state index in [0.29, 0.717) is 36.9 Å². The van der Waals surface area contributed by atoms with E-state index in [4.69, 9.17) is 11.6 Å². The van der Waals surface area contributed by atoms with E-state index in [9.17, 15) is 14.4 Å². The van der Waals surface area contributed by atoms with Crippen LogP contribution in [0.25, 0.3) is 0 Å². The maximum atomic E-state index is 12.4. The van der Waals surface area contributed by atoms with Gasteiger partial charge in [0.2, 0.25) is 17.7 Å². The number of hydrogen-bond donors (Lipinski definition) is 0. The van der Waals surface area contributed by atoms with Crippen molar-refractivity contribution in [1.29, 1.82) is 0 Å². The maximum Gasteiger partial charge on any atom is 0.242 e. The molecule has 0 unspecified atom stereocenters. The summed E-state index contributed by atoms with van der Waals surface area (Å²) in [5.41, 5.74) is 0.598. The van der Waals surface area contributed by atoms with Crippen molar-refractivity contribution in [2.45, 2.75) is 13.8 Å². The van der Waals surface area contributed by atoms with Crippen molar-refractivity contribution in [3.05, 3.63) is 29.3 Å². The molecule has 0 atom stereocenters. The summed E-state index contributed by atoms with van der Waals surface area (Å²) in [7, 11) is 0. The fraction of sp³-hybridized carbons (Fsp3) is 0.438. The molecule has 1 aliphatic heterocycles. The van der Waals surface area contributed by atoms with Gasteiger partial charge in [0.05, 0.1) is 0 Å². The standard InChI is InChI=1S/C16H20ClN3O3/c1-12(21)18-6-8-19(9-7-18)16(23)11-20(13(2)22)15-5-3-4-14(17)10-15/h3-5,10H,6-9,11H2,1-2H3. The van der Waals surface area contributed by atoms with Crippen molar-refractivity contribution < 1.29 is 14.4 Å². The molecule has 0 radical (unpaired) electrons. The van der Waals surface area contributed by atoms with E-state index in [-0.39, 0.29) is 24.3 Å². The van der Waals surface area contributed by atoms with Gasteiger partial charge in [0.1, 0.15) is 6.54 Å². The molecule has 0 saturated carbocycles. The molecule has 124 valence electrons. The first-order valence-corrected chi connectivity index (χ1v) is 7.83. The lowest BCUT2D eigenvalue weighted by Gasteiger charge is -2.35. The molecule has 2 rings (SSSR count). The third-order valence-electron chi connectivity index (χ3n) is 3.87. The number of anilines is 1. The van der Waals surface area contributed by atoms with Crippen LogP contribution in [-0.2, 0) is 14.4 Å². The van der Waals surface area contributed by atoms with Crippen LogP contribution in [0.15, 0.2) is 24.3 Å². The maximum absolute atomic E-state index is 12.4. The number of rotatable bonds is 3. The van der Waals surface area contributed by atoms with Gasteiger partial charge in [-0.25, -0.2) is 0 Å². The Kier molecular flexibility index (Phi) is 5.60. The predicted octanol–water partition coefficient (Wildman–Crippen LogP) is 1.38. The van der Waals surface area contributed by atoms with Crippen molar-refractivity contribution in [3.63, 3.8) is 0 Å². The summed E-state index contributed by atoms with van der Waals surface area (Å²) in [5.74, 6) is -0.340. The highest BCUT2D eigenvalue weighted by Gasteiger charge is 2.25. The van der Waals surface area contributed by atoms with E-state index in [1.54, 1.807) is 34.1 Å². The number of carbonyl (C=O) groups is 3. The van der Waals surface area contributed by atoms with E-state index in [1.165, 1.54) is 18.7 Å². The second kappa shape index (κ2) is 7.46. The number of nitrogens with zero attached hydrogens (tertiary/aromatic N) is 3. The van der Waals surface area contributed by atoms with Crippen LogP contribution in [-0.4, -0.2) is 60.2 Å². The van der Waals surface area contributed by atoms with Crippen LogP contribution in [0, 0.1) is 0 Å². The Morgan fingerprint density at radius 2 is 1.70 bits per heavy atom. The molecule has 0 bridgehead atoms. The smallest absolute Gasteiger partial charge is 0.242 e. The first-order chi connectivity index (χ1) is 10.9. The van der Waals surface area contributed by atoms with Gasteiger partial charge >= 0.3 is 0 Å².